The van der Waals surface area contributed by atoms with E-state index in [1.165, 1.54) is 11.3 Å². The average Bonchev–Trinajstić information content (AvgIpc) is 3.26. The Hall–Kier alpha value is -2.54. The zero-order valence-electron chi connectivity index (χ0n) is 13.4. The Morgan fingerprint density at radius 1 is 1.38 bits per heavy atom. The van der Waals surface area contributed by atoms with E-state index >= 15 is 0 Å². The molecular weight excluding hydrogens is 322 g/mol. The van der Waals surface area contributed by atoms with E-state index in [0.29, 0.717) is 18.9 Å². The highest BCUT2D eigenvalue weighted by Crippen LogP contribution is 2.21. The number of rotatable bonds is 7. The molecule has 24 heavy (non-hydrogen) atoms. The molecule has 3 rings (SSSR count). The maximum Gasteiger partial charge on any atom is 0.226 e. The van der Waals surface area contributed by atoms with Crippen LogP contribution in [0.5, 0.6) is 0 Å². The number of imidazole rings is 1. The number of thiazole rings is 1. The van der Waals surface area contributed by atoms with Gasteiger partial charge in [-0.1, -0.05) is 13.0 Å². The molecule has 0 spiro atoms. The number of hydrogen-bond acceptors (Lipinski definition) is 5. The van der Waals surface area contributed by atoms with Crippen LogP contribution in [-0.2, 0) is 17.8 Å². The van der Waals surface area contributed by atoms with Crippen molar-refractivity contribution in [2.24, 2.45) is 5.92 Å². The lowest BCUT2D eigenvalue weighted by Gasteiger charge is -2.12. The highest BCUT2D eigenvalue weighted by molar-refractivity contribution is 7.13. The van der Waals surface area contributed by atoms with Crippen LogP contribution >= 0.6 is 11.3 Å². The molecule has 1 amide bonds. The molecule has 0 saturated carbocycles. The first-order chi connectivity index (χ1) is 11.7. The first-order valence-electron chi connectivity index (χ1n) is 7.79. The molecule has 3 aromatic rings. The van der Waals surface area contributed by atoms with Crippen molar-refractivity contribution in [1.29, 1.82) is 0 Å². The Morgan fingerprint density at radius 3 is 3.04 bits per heavy atom. The Morgan fingerprint density at radius 2 is 2.29 bits per heavy atom. The summed E-state index contributed by atoms with van der Waals surface area (Å²) in [7, 11) is 0. The molecular formula is C17H19N5OS. The second-order valence-electron chi connectivity index (χ2n) is 5.70. The van der Waals surface area contributed by atoms with Gasteiger partial charge in [0.1, 0.15) is 5.01 Å². The second-order valence-corrected chi connectivity index (χ2v) is 6.56. The lowest BCUT2D eigenvalue weighted by atomic mass is 10.2. The summed E-state index contributed by atoms with van der Waals surface area (Å²) >= 11 is 1.51. The van der Waals surface area contributed by atoms with Gasteiger partial charge in [0.15, 0.2) is 0 Å². The van der Waals surface area contributed by atoms with Crippen molar-refractivity contribution < 1.29 is 4.79 Å². The van der Waals surface area contributed by atoms with Gasteiger partial charge in [-0.15, -0.1) is 11.3 Å². The van der Waals surface area contributed by atoms with E-state index in [1.54, 1.807) is 18.7 Å². The number of pyridine rings is 1. The molecule has 0 saturated heterocycles. The van der Waals surface area contributed by atoms with Crippen LogP contribution in [0.25, 0.3) is 10.7 Å². The molecule has 1 N–H and O–H groups in total. The monoisotopic (exact) mass is 341 g/mol. The van der Waals surface area contributed by atoms with Crippen molar-refractivity contribution in [3.8, 4) is 10.7 Å². The number of nitrogens with one attached hydrogen (secondary N) is 1. The summed E-state index contributed by atoms with van der Waals surface area (Å²) in [6.07, 6.45) is 7.50. The molecule has 0 radical (unpaired) electrons. The molecule has 0 aliphatic rings. The van der Waals surface area contributed by atoms with Crippen LogP contribution in [0.2, 0.25) is 0 Å². The third-order valence-corrected chi connectivity index (χ3v) is 4.42. The summed E-state index contributed by atoms with van der Waals surface area (Å²) in [6, 6.07) is 5.72. The van der Waals surface area contributed by atoms with Gasteiger partial charge in [0.25, 0.3) is 0 Å². The summed E-state index contributed by atoms with van der Waals surface area (Å²) in [6.45, 7) is 3.57. The molecule has 0 aliphatic carbocycles. The summed E-state index contributed by atoms with van der Waals surface area (Å²) < 4.78 is 2.01. The summed E-state index contributed by atoms with van der Waals surface area (Å²) in [5.41, 5.74) is 1.61. The van der Waals surface area contributed by atoms with Gasteiger partial charge in [-0.2, -0.15) is 0 Å². The van der Waals surface area contributed by atoms with E-state index in [-0.39, 0.29) is 5.91 Å². The van der Waals surface area contributed by atoms with Crippen molar-refractivity contribution in [2.75, 3.05) is 6.54 Å². The third kappa shape index (κ3) is 4.48. The van der Waals surface area contributed by atoms with E-state index < -0.39 is 0 Å². The van der Waals surface area contributed by atoms with E-state index in [1.807, 2.05) is 34.3 Å². The van der Waals surface area contributed by atoms with Crippen LogP contribution in [0.1, 0.15) is 12.6 Å². The standard InChI is InChI=1S/C17H19N5OS/c1-13(10-22-7-6-18-12-22)9-20-16(23)8-14-11-24-17(21-14)15-4-2-3-5-19-15/h2-7,11-13H,8-10H2,1H3,(H,20,23)/t13-/m1/s1. The largest absolute Gasteiger partial charge is 0.355 e. The zero-order valence-corrected chi connectivity index (χ0v) is 14.2. The highest BCUT2D eigenvalue weighted by Gasteiger charge is 2.11. The number of nitrogens with zero attached hydrogens (tertiary/aromatic N) is 4. The highest BCUT2D eigenvalue weighted by atomic mass is 32.1. The Labute approximate surface area is 144 Å². The quantitative estimate of drug-likeness (QED) is 0.716. The van der Waals surface area contributed by atoms with Crippen molar-refractivity contribution >= 4 is 17.2 Å². The van der Waals surface area contributed by atoms with Gasteiger partial charge in [0.2, 0.25) is 5.91 Å². The number of amides is 1. The summed E-state index contributed by atoms with van der Waals surface area (Å²) in [4.78, 5) is 24.9. The van der Waals surface area contributed by atoms with Gasteiger partial charge < -0.3 is 9.88 Å². The van der Waals surface area contributed by atoms with E-state index in [4.69, 9.17) is 0 Å². The van der Waals surface area contributed by atoms with Gasteiger partial charge in [0.05, 0.1) is 24.1 Å². The predicted molar refractivity (Wildman–Crippen MR) is 93.4 cm³/mol. The first-order valence-corrected chi connectivity index (χ1v) is 8.67. The Bertz CT molecular complexity index is 769. The Kier molecular flexibility index (Phi) is 5.32. The lowest BCUT2D eigenvalue weighted by molar-refractivity contribution is -0.120. The van der Waals surface area contributed by atoms with Crippen LogP contribution in [0.4, 0.5) is 0 Å². The molecule has 0 unspecified atom stereocenters. The van der Waals surface area contributed by atoms with Crippen molar-refractivity contribution in [3.05, 3.63) is 54.2 Å². The van der Waals surface area contributed by atoms with E-state index in [0.717, 1.165) is 22.9 Å². The second kappa shape index (κ2) is 7.83. The lowest BCUT2D eigenvalue weighted by Crippen LogP contribution is -2.31. The van der Waals surface area contributed by atoms with Gasteiger partial charge in [-0.25, -0.2) is 9.97 Å². The van der Waals surface area contributed by atoms with Gasteiger partial charge in [-0.05, 0) is 18.1 Å². The minimum Gasteiger partial charge on any atom is -0.355 e. The van der Waals surface area contributed by atoms with Crippen LogP contribution in [0.15, 0.2) is 48.5 Å². The molecule has 0 bridgehead atoms. The summed E-state index contributed by atoms with van der Waals surface area (Å²) in [5.74, 6) is 0.327. The third-order valence-electron chi connectivity index (χ3n) is 3.51. The van der Waals surface area contributed by atoms with Gasteiger partial charge >= 0.3 is 0 Å². The molecule has 6 nitrogen and oxygen atoms in total. The number of aromatic nitrogens is 4. The van der Waals surface area contributed by atoms with Crippen LogP contribution in [0.3, 0.4) is 0 Å². The van der Waals surface area contributed by atoms with Crippen LogP contribution in [0, 0.1) is 5.92 Å². The van der Waals surface area contributed by atoms with Crippen molar-refractivity contribution in [2.45, 2.75) is 19.9 Å². The summed E-state index contributed by atoms with van der Waals surface area (Å²) in [5, 5.41) is 5.72. The molecule has 0 aliphatic heterocycles. The smallest absolute Gasteiger partial charge is 0.226 e. The molecule has 0 fully saturated rings. The Balaban J connectivity index is 1.47. The van der Waals surface area contributed by atoms with Crippen molar-refractivity contribution in [3.63, 3.8) is 0 Å². The van der Waals surface area contributed by atoms with E-state index in [2.05, 4.69) is 27.2 Å². The molecule has 124 valence electrons. The minimum absolute atomic E-state index is 0.00893. The molecule has 3 aromatic heterocycles. The number of carbonyl (C=O) groups is 1. The minimum atomic E-state index is -0.00893. The average molecular weight is 341 g/mol. The number of hydrogen-bond donors (Lipinski definition) is 1. The maximum atomic E-state index is 12.1. The predicted octanol–water partition coefficient (Wildman–Crippen LogP) is 2.40. The van der Waals surface area contributed by atoms with Crippen molar-refractivity contribution in [1.82, 2.24) is 24.8 Å². The molecule has 0 aromatic carbocycles. The van der Waals surface area contributed by atoms with Crippen LogP contribution < -0.4 is 5.32 Å². The zero-order chi connectivity index (χ0) is 16.8. The fourth-order valence-corrected chi connectivity index (χ4v) is 3.12. The fourth-order valence-electron chi connectivity index (χ4n) is 2.33. The van der Waals surface area contributed by atoms with Gasteiger partial charge in [0, 0.05) is 37.1 Å². The fraction of sp³-hybridized carbons (Fsp3) is 0.294. The van der Waals surface area contributed by atoms with E-state index in [9.17, 15) is 4.79 Å². The topological polar surface area (TPSA) is 72.7 Å². The van der Waals surface area contributed by atoms with Gasteiger partial charge in [-0.3, -0.25) is 9.78 Å². The SMILES string of the molecule is C[C@H](CNC(=O)Cc1csc(-c2ccccn2)n1)Cn1ccnc1. The molecule has 7 heteroatoms. The maximum absolute atomic E-state index is 12.1. The normalized spacial score (nSPS) is 12.0. The molecule has 3 heterocycles. The first kappa shape index (κ1) is 16.3. The van der Waals surface area contributed by atoms with Crippen LogP contribution in [-0.4, -0.2) is 32.0 Å². The molecule has 1 atom stereocenters. The number of carbonyl (C=O) groups excluding carboxylic acids is 1.